The fourth-order valence-electron chi connectivity index (χ4n) is 0.709. The van der Waals surface area contributed by atoms with Crippen LogP contribution < -0.4 is 5.43 Å². The van der Waals surface area contributed by atoms with Crippen molar-refractivity contribution in [3.63, 3.8) is 0 Å². The summed E-state index contributed by atoms with van der Waals surface area (Å²) in [6, 6.07) is 0. The molecule has 0 bridgehead atoms. The molecule has 0 fully saturated rings. The molecule has 0 aromatic carbocycles. The molecule has 0 unspecified atom stereocenters. The summed E-state index contributed by atoms with van der Waals surface area (Å²) < 4.78 is 1.05. The van der Waals surface area contributed by atoms with Crippen LogP contribution in [0.25, 0.3) is 4.85 Å². The van der Waals surface area contributed by atoms with Crippen molar-refractivity contribution in [3.8, 4) is 0 Å². The van der Waals surface area contributed by atoms with E-state index in [0.717, 1.165) is 15.2 Å². The van der Waals surface area contributed by atoms with E-state index < -0.39 is 0 Å². The van der Waals surface area contributed by atoms with Gasteiger partial charge in [0.25, 0.3) is 0 Å². The maximum atomic E-state index is 6.55. The van der Waals surface area contributed by atoms with Crippen molar-refractivity contribution < 1.29 is 19.4 Å². The van der Waals surface area contributed by atoms with Crippen LogP contribution in [0.4, 0.5) is 0 Å². The molecule has 0 aliphatic rings. The molecule has 1 N–H and O–H groups in total. The molecule has 0 heterocycles. The van der Waals surface area contributed by atoms with Crippen LogP contribution in [0, 0.1) is 6.57 Å². The van der Waals surface area contributed by atoms with Gasteiger partial charge in [-0.2, -0.15) is 0 Å². The van der Waals surface area contributed by atoms with Crippen molar-refractivity contribution >= 4 is 10.2 Å². The Morgan fingerprint density at radius 1 is 1.64 bits per heavy atom. The van der Waals surface area contributed by atoms with E-state index in [1.165, 1.54) is 19.4 Å². The van der Waals surface area contributed by atoms with Crippen molar-refractivity contribution in [2.75, 3.05) is 6.54 Å². The molecule has 0 aromatic heterocycles. The molecule has 0 rings (SSSR count). The fraction of sp³-hybridized carbons (Fsp3) is 0.300. The Morgan fingerprint density at radius 3 is 2.79 bits per heavy atom. The van der Waals surface area contributed by atoms with Gasteiger partial charge >= 0.3 is 95.7 Å². The Labute approximate surface area is 95.8 Å². The van der Waals surface area contributed by atoms with E-state index in [0.29, 0.717) is 6.54 Å². The number of nitrogens with one attached hydrogen (secondary N) is 1. The van der Waals surface area contributed by atoms with Crippen molar-refractivity contribution in [1.29, 1.82) is 0 Å². The van der Waals surface area contributed by atoms with Crippen LogP contribution in [0.2, 0.25) is 0 Å². The van der Waals surface area contributed by atoms with Gasteiger partial charge in [-0.25, -0.2) is 0 Å². The van der Waals surface area contributed by atoms with Gasteiger partial charge in [-0.3, -0.25) is 0 Å². The zero-order chi connectivity index (χ0) is 11.0. The third-order valence-electron chi connectivity index (χ3n) is 1.25. The predicted molar refractivity (Wildman–Crippen MR) is 56.7 cm³/mol. The van der Waals surface area contributed by atoms with Gasteiger partial charge in [-0.1, -0.05) is 0 Å². The maximum absolute atomic E-state index is 6.55. The summed E-state index contributed by atoms with van der Waals surface area (Å²) >= 11 is 1.31. The van der Waals surface area contributed by atoms with Crippen LogP contribution in [0.15, 0.2) is 28.9 Å². The van der Waals surface area contributed by atoms with Crippen molar-refractivity contribution in [1.82, 2.24) is 5.43 Å². The van der Waals surface area contributed by atoms with Gasteiger partial charge in [0.05, 0.1) is 0 Å². The van der Waals surface area contributed by atoms with Gasteiger partial charge in [-0.15, -0.1) is 0 Å². The molecule has 0 radical (unpaired) electrons. The summed E-state index contributed by atoms with van der Waals surface area (Å²) in [6.45, 7) is 14.6. The number of hydrogen-bond donors (Lipinski definition) is 1. The number of rotatable bonds is 5. The second kappa shape index (κ2) is 7.41. The van der Waals surface area contributed by atoms with Crippen LogP contribution >= 0.6 is 0 Å². The second-order valence-electron chi connectivity index (χ2n) is 2.77. The van der Waals surface area contributed by atoms with E-state index in [2.05, 4.69) is 22.0 Å². The minimum absolute atomic E-state index is 0.318. The second-order valence-corrected chi connectivity index (χ2v) is 4.23. The number of hydrogen-bond acceptors (Lipinski definition) is 2. The third kappa shape index (κ3) is 6.51. The molecule has 0 aromatic rings. The molecule has 74 valence electrons. The van der Waals surface area contributed by atoms with Gasteiger partial charge < -0.3 is 0 Å². The molecule has 0 aliphatic heterocycles. The summed E-state index contributed by atoms with van der Waals surface area (Å²) in [4.78, 5) is 3.16. The molecule has 0 atom stereocenters. The Balaban J connectivity index is 4.10. The molecule has 0 saturated carbocycles. The first-order valence-corrected chi connectivity index (χ1v) is 5.53. The van der Waals surface area contributed by atoms with Crippen LogP contribution in [0.5, 0.6) is 0 Å². The van der Waals surface area contributed by atoms with E-state index in [-0.39, 0.29) is 0 Å². The first-order valence-electron chi connectivity index (χ1n) is 4.06. The first-order chi connectivity index (χ1) is 6.57. The first kappa shape index (κ1) is 13.0. The molecule has 3 nitrogen and oxygen atoms in total. The summed E-state index contributed by atoms with van der Waals surface area (Å²) in [5, 5.41) is 3.91. The van der Waals surface area contributed by atoms with E-state index in [1.54, 1.807) is 6.21 Å². The summed E-state index contributed by atoms with van der Waals surface area (Å²) in [6.07, 6.45) is 3.56. The monoisotopic (exact) mass is 359 g/mol. The summed E-state index contributed by atoms with van der Waals surface area (Å²) in [5.41, 5.74) is 5.05. The molecular weight excluding hydrogens is 346 g/mol. The van der Waals surface area contributed by atoms with Gasteiger partial charge in [-0.05, 0) is 0 Å². The Kier molecular flexibility index (Phi) is 6.88. The Hall–Kier alpha value is -1.00. The van der Waals surface area contributed by atoms with Gasteiger partial charge in [0.15, 0.2) is 0 Å². The zero-order valence-electron chi connectivity index (χ0n) is 8.37. The Morgan fingerprint density at radius 2 is 2.29 bits per heavy atom. The zero-order valence-corrected chi connectivity index (χ0v) is 11.3. The molecule has 14 heavy (non-hydrogen) atoms. The van der Waals surface area contributed by atoms with Crippen molar-refractivity contribution in [3.05, 3.63) is 35.2 Å². The topological polar surface area (TPSA) is 28.8 Å². The molecule has 0 amide bonds. The van der Waals surface area contributed by atoms with E-state index in [9.17, 15) is 0 Å². The SMILES string of the molecule is [C-]#[N+]C/C=N\N[C](=[W])/C(C)=C\C(=C)C. The molecule has 0 spiro atoms. The van der Waals surface area contributed by atoms with Crippen LogP contribution in [-0.2, 0) is 19.4 Å². The van der Waals surface area contributed by atoms with Crippen molar-refractivity contribution in [2.24, 2.45) is 5.10 Å². The van der Waals surface area contributed by atoms with Crippen LogP contribution in [-0.4, -0.2) is 16.8 Å². The minimum atomic E-state index is 0.318. The average Bonchev–Trinajstić information content (AvgIpc) is 2.11. The summed E-state index contributed by atoms with van der Waals surface area (Å²) in [5.74, 6) is 0. The molecular formula is C10H13N3W. The summed E-state index contributed by atoms with van der Waals surface area (Å²) in [7, 11) is 0. The number of nitrogens with zero attached hydrogens (tertiary/aromatic N) is 2. The number of allylic oxidation sites excluding steroid dienone is 2. The standard InChI is InChI=1S/C10H13N3.W/c1-9(2)7-10(3)8-13-12-6-5-11-4;/h6-7,13H,1,5H2,2-3H3;/b10-7-,12-6-;. The number of hydrazone groups is 1. The van der Waals surface area contributed by atoms with Gasteiger partial charge in [0, 0.05) is 0 Å². The molecule has 0 saturated heterocycles. The van der Waals surface area contributed by atoms with E-state index in [4.69, 9.17) is 6.57 Å². The van der Waals surface area contributed by atoms with Crippen LogP contribution in [0.3, 0.4) is 0 Å². The molecule has 4 heteroatoms. The van der Waals surface area contributed by atoms with Crippen molar-refractivity contribution in [2.45, 2.75) is 13.8 Å². The molecule has 0 aliphatic carbocycles. The fourth-order valence-corrected chi connectivity index (χ4v) is 1.11. The third-order valence-corrected chi connectivity index (χ3v) is 2.74. The van der Waals surface area contributed by atoms with Gasteiger partial charge in [0.1, 0.15) is 0 Å². The average molecular weight is 359 g/mol. The van der Waals surface area contributed by atoms with Gasteiger partial charge in [0.2, 0.25) is 0 Å². The quantitative estimate of drug-likeness (QED) is 0.344. The predicted octanol–water partition coefficient (Wildman–Crippen LogP) is 1.68. The van der Waals surface area contributed by atoms with E-state index >= 15 is 0 Å². The Bertz CT molecular complexity index is 321. The van der Waals surface area contributed by atoms with Crippen LogP contribution in [0.1, 0.15) is 13.8 Å². The normalized spacial score (nSPS) is 11.1. The van der Waals surface area contributed by atoms with E-state index in [1.807, 2.05) is 19.9 Å².